The molecule has 0 bridgehead atoms. The largest absolute Gasteiger partial charge is 0.479 e. The molecule has 0 N–H and O–H groups in total. The van der Waals surface area contributed by atoms with Crippen LogP contribution in [0.3, 0.4) is 0 Å². The second kappa shape index (κ2) is 9.34. The first kappa shape index (κ1) is 22.2. The topological polar surface area (TPSA) is 97.0 Å². The predicted molar refractivity (Wildman–Crippen MR) is 126 cm³/mol. The van der Waals surface area contributed by atoms with E-state index in [1.54, 1.807) is 29.9 Å². The van der Waals surface area contributed by atoms with Crippen LogP contribution in [0.4, 0.5) is 4.39 Å². The van der Waals surface area contributed by atoms with Crippen LogP contribution in [-0.2, 0) is 11.3 Å². The van der Waals surface area contributed by atoms with Gasteiger partial charge in [-0.05, 0) is 24.1 Å². The maximum atomic E-state index is 14.1. The molecule has 3 heterocycles. The molecular weight excluding hydrogens is 451 g/mol. The molecule has 0 spiro atoms. The molecule has 0 aliphatic rings. The summed E-state index contributed by atoms with van der Waals surface area (Å²) in [7, 11) is 1.51. The Morgan fingerprint density at radius 3 is 2.57 bits per heavy atom. The van der Waals surface area contributed by atoms with E-state index >= 15 is 0 Å². The minimum Gasteiger partial charge on any atom is -0.479 e. The molecule has 35 heavy (non-hydrogen) atoms. The summed E-state index contributed by atoms with van der Waals surface area (Å²) in [6.07, 6.45) is 4.51. The van der Waals surface area contributed by atoms with Crippen LogP contribution in [-0.4, -0.2) is 49.2 Å². The molecule has 0 atom stereocenters. The zero-order valence-corrected chi connectivity index (χ0v) is 19.1. The van der Waals surface area contributed by atoms with E-state index in [-0.39, 0.29) is 18.4 Å². The fourth-order valence-corrected chi connectivity index (χ4v) is 3.73. The minimum absolute atomic E-state index is 0.235. The highest BCUT2D eigenvalue weighted by Gasteiger charge is 2.18. The average Bonchev–Trinajstić information content (AvgIpc) is 3.53. The highest BCUT2D eigenvalue weighted by Crippen LogP contribution is 2.26. The molecule has 0 aliphatic carbocycles. The summed E-state index contributed by atoms with van der Waals surface area (Å²) in [4.78, 5) is 20.9. The molecule has 0 amide bonds. The number of esters is 1. The fraction of sp³-hybridized carbons (Fsp3) is 0.160. The van der Waals surface area contributed by atoms with Gasteiger partial charge in [0.1, 0.15) is 16.9 Å². The predicted octanol–water partition coefficient (Wildman–Crippen LogP) is 4.05. The van der Waals surface area contributed by atoms with Crippen molar-refractivity contribution in [1.82, 2.24) is 29.5 Å². The number of ether oxygens (including phenoxy) is 2. The number of hydrogen-bond acceptors (Lipinski definition) is 7. The van der Waals surface area contributed by atoms with Crippen molar-refractivity contribution in [2.45, 2.75) is 13.5 Å². The van der Waals surface area contributed by atoms with Crippen LogP contribution < -0.4 is 4.74 Å². The van der Waals surface area contributed by atoms with Gasteiger partial charge in [0.15, 0.2) is 0 Å². The maximum absolute atomic E-state index is 14.1. The molecular formula is C25H21FN6O3. The van der Waals surface area contributed by atoms with Gasteiger partial charge in [-0.3, -0.25) is 4.68 Å². The molecule has 9 nitrogen and oxygen atoms in total. The van der Waals surface area contributed by atoms with E-state index in [0.29, 0.717) is 34.6 Å². The molecule has 0 unspecified atom stereocenters. The average molecular weight is 472 g/mol. The number of fused-ring (bicyclic) bond motifs is 1. The van der Waals surface area contributed by atoms with Crippen LogP contribution in [0.2, 0.25) is 0 Å². The Hall–Kier alpha value is -4.60. The van der Waals surface area contributed by atoms with Crippen LogP contribution >= 0.6 is 0 Å². The highest BCUT2D eigenvalue weighted by molar-refractivity contribution is 5.88. The number of halogens is 1. The molecule has 10 heteroatoms. The summed E-state index contributed by atoms with van der Waals surface area (Å²) in [5, 5.41) is 8.62. The number of carbonyl (C=O) groups excluding carboxylic acids is 1. The van der Waals surface area contributed by atoms with E-state index in [4.69, 9.17) is 9.47 Å². The molecule has 0 saturated carbocycles. The Labute approximate surface area is 199 Å². The lowest BCUT2D eigenvalue weighted by molar-refractivity contribution is 0.0526. The van der Waals surface area contributed by atoms with Gasteiger partial charge in [-0.15, -0.1) is 0 Å². The lowest BCUT2D eigenvalue weighted by Gasteiger charge is -2.09. The van der Waals surface area contributed by atoms with Gasteiger partial charge in [0, 0.05) is 11.8 Å². The molecule has 5 rings (SSSR count). The number of carbonyl (C=O) groups is 1. The summed E-state index contributed by atoms with van der Waals surface area (Å²) in [6, 6.07) is 14.3. The molecule has 5 aromatic rings. The highest BCUT2D eigenvalue weighted by atomic mass is 19.1. The molecule has 0 saturated heterocycles. The van der Waals surface area contributed by atoms with E-state index in [1.165, 1.54) is 30.3 Å². The number of rotatable bonds is 7. The van der Waals surface area contributed by atoms with Crippen molar-refractivity contribution in [3.05, 3.63) is 84.1 Å². The summed E-state index contributed by atoms with van der Waals surface area (Å²) < 4.78 is 27.7. The van der Waals surface area contributed by atoms with Gasteiger partial charge in [-0.2, -0.15) is 15.2 Å². The Bertz CT molecular complexity index is 1510. The minimum atomic E-state index is -0.472. The lowest BCUT2D eigenvalue weighted by atomic mass is 10.0. The smallest absolute Gasteiger partial charge is 0.341 e. The summed E-state index contributed by atoms with van der Waals surface area (Å²) in [5.74, 6) is -0.180. The van der Waals surface area contributed by atoms with Crippen molar-refractivity contribution in [2.75, 3.05) is 13.7 Å². The first-order valence-electron chi connectivity index (χ1n) is 10.9. The number of nitrogens with zero attached hydrogens (tertiary/aromatic N) is 6. The zero-order chi connectivity index (χ0) is 24.4. The van der Waals surface area contributed by atoms with Crippen molar-refractivity contribution in [2.24, 2.45) is 0 Å². The van der Waals surface area contributed by atoms with Crippen LogP contribution in [0, 0.1) is 5.82 Å². The Balaban J connectivity index is 1.43. The molecule has 0 aliphatic heterocycles. The van der Waals surface area contributed by atoms with E-state index < -0.39 is 5.97 Å². The fourth-order valence-electron chi connectivity index (χ4n) is 3.73. The van der Waals surface area contributed by atoms with Crippen LogP contribution in [0.15, 0.2) is 67.1 Å². The molecule has 0 radical (unpaired) electrons. The van der Waals surface area contributed by atoms with Gasteiger partial charge in [0.2, 0.25) is 5.88 Å². The summed E-state index contributed by atoms with van der Waals surface area (Å²) in [5.41, 5.74) is 3.78. The van der Waals surface area contributed by atoms with Gasteiger partial charge in [-0.25, -0.2) is 18.9 Å². The third kappa shape index (κ3) is 4.33. The number of hydrogen-bond donors (Lipinski definition) is 0. The SMILES string of the molecule is CCOC(=O)c1cnn(-c2nc(OC)c3c(cnn3Cc3ccc(-c4ccccc4F)cc3)n2)c1. The van der Waals surface area contributed by atoms with E-state index in [0.717, 1.165) is 11.1 Å². The second-order valence-electron chi connectivity index (χ2n) is 7.64. The number of benzene rings is 2. The third-order valence-corrected chi connectivity index (χ3v) is 5.41. The molecule has 176 valence electrons. The normalized spacial score (nSPS) is 11.1. The first-order valence-corrected chi connectivity index (χ1v) is 10.9. The van der Waals surface area contributed by atoms with Crippen molar-refractivity contribution in [3.8, 4) is 23.0 Å². The van der Waals surface area contributed by atoms with Gasteiger partial charge in [0.05, 0.1) is 38.2 Å². The van der Waals surface area contributed by atoms with Crippen molar-refractivity contribution in [1.29, 1.82) is 0 Å². The zero-order valence-electron chi connectivity index (χ0n) is 19.1. The Morgan fingerprint density at radius 2 is 1.83 bits per heavy atom. The van der Waals surface area contributed by atoms with Crippen molar-refractivity contribution < 1.29 is 18.7 Å². The van der Waals surface area contributed by atoms with Crippen LogP contribution in [0.25, 0.3) is 28.1 Å². The Kier molecular flexibility index (Phi) is 5.92. The number of aromatic nitrogens is 6. The Morgan fingerprint density at radius 1 is 1.03 bits per heavy atom. The second-order valence-corrected chi connectivity index (χ2v) is 7.64. The van der Waals surface area contributed by atoms with Gasteiger partial charge in [-0.1, -0.05) is 42.5 Å². The summed E-state index contributed by atoms with van der Waals surface area (Å²) in [6.45, 7) is 2.44. The third-order valence-electron chi connectivity index (χ3n) is 5.41. The van der Waals surface area contributed by atoms with E-state index in [9.17, 15) is 9.18 Å². The quantitative estimate of drug-likeness (QED) is 0.330. The van der Waals surface area contributed by atoms with Gasteiger partial charge in [0.25, 0.3) is 5.95 Å². The van der Waals surface area contributed by atoms with Gasteiger partial charge >= 0.3 is 5.97 Å². The van der Waals surface area contributed by atoms with Crippen LogP contribution in [0.1, 0.15) is 22.8 Å². The lowest BCUT2D eigenvalue weighted by Crippen LogP contribution is -2.07. The van der Waals surface area contributed by atoms with E-state index in [1.807, 2.05) is 30.3 Å². The van der Waals surface area contributed by atoms with Crippen molar-refractivity contribution >= 4 is 17.0 Å². The standard InChI is InChI=1S/C25H21FN6O3/c1-3-35-24(33)18-12-27-32(15-18)25-29-21-13-28-31(22(21)23(30-25)34-2)14-16-8-10-17(11-9-16)19-6-4-5-7-20(19)26/h4-13,15H,3,14H2,1-2H3. The van der Waals surface area contributed by atoms with Crippen LogP contribution in [0.5, 0.6) is 5.88 Å². The van der Waals surface area contributed by atoms with Crippen molar-refractivity contribution in [3.63, 3.8) is 0 Å². The molecule has 0 fully saturated rings. The molecule has 3 aromatic heterocycles. The van der Waals surface area contributed by atoms with E-state index in [2.05, 4.69) is 20.2 Å². The first-order chi connectivity index (χ1) is 17.1. The number of methoxy groups -OCH3 is 1. The molecule has 2 aromatic carbocycles. The monoisotopic (exact) mass is 472 g/mol. The van der Waals surface area contributed by atoms with Gasteiger partial charge < -0.3 is 9.47 Å². The maximum Gasteiger partial charge on any atom is 0.341 e. The summed E-state index contributed by atoms with van der Waals surface area (Å²) >= 11 is 0.